The molecular weight excluding hydrogens is 302 g/mol. The average Bonchev–Trinajstić information content (AvgIpc) is 2.59. The molecule has 0 fully saturated rings. The molecular formula is C20H25NO3. The number of benzene rings is 2. The predicted molar refractivity (Wildman–Crippen MR) is 96.2 cm³/mol. The molecule has 0 aliphatic rings. The number of aliphatic hydroxyl groups excluding tert-OH is 1. The van der Waals surface area contributed by atoms with E-state index in [1.165, 1.54) is 0 Å². The Labute approximate surface area is 143 Å². The van der Waals surface area contributed by atoms with Crippen molar-refractivity contribution in [3.8, 4) is 16.9 Å². The van der Waals surface area contributed by atoms with E-state index < -0.39 is 0 Å². The molecule has 24 heavy (non-hydrogen) atoms. The number of ether oxygens (including phenoxy) is 1. The van der Waals surface area contributed by atoms with E-state index >= 15 is 0 Å². The number of amides is 1. The van der Waals surface area contributed by atoms with Crippen LogP contribution in [0.25, 0.3) is 11.1 Å². The van der Waals surface area contributed by atoms with Crippen molar-refractivity contribution in [3.63, 3.8) is 0 Å². The van der Waals surface area contributed by atoms with Gasteiger partial charge in [0.15, 0.2) is 0 Å². The summed E-state index contributed by atoms with van der Waals surface area (Å²) in [5, 5.41) is 12.3. The summed E-state index contributed by atoms with van der Waals surface area (Å²) in [6.07, 6.45) is 0.306. The molecule has 4 nitrogen and oxygen atoms in total. The van der Waals surface area contributed by atoms with E-state index in [0.717, 1.165) is 16.9 Å². The molecule has 0 bridgehead atoms. The number of nitrogens with one attached hydrogen (secondary N) is 1. The fraction of sp³-hybridized carbons (Fsp3) is 0.350. The van der Waals surface area contributed by atoms with Crippen molar-refractivity contribution < 1.29 is 14.6 Å². The topological polar surface area (TPSA) is 58.6 Å². The number of aliphatic hydroxyl groups is 1. The molecule has 2 atom stereocenters. The van der Waals surface area contributed by atoms with E-state index in [2.05, 4.69) is 5.32 Å². The van der Waals surface area contributed by atoms with Crippen LogP contribution < -0.4 is 10.1 Å². The molecule has 2 unspecified atom stereocenters. The van der Waals surface area contributed by atoms with Gasteiger partial charge >= 0.3 is 0 Å². The van der Waals surface area contributed by atoms with Gasteiger partial charge in [-0.25, -0.2) is 0 Å². The summed E-state index contributed by atoms with van der Waals surface area (Å²) in [5.74, 6) is 0.841. The van der Waals surface area contributed by atoms with Gasteiger partial charge in [0.1, 0.15) is 5.75 Å². The Morgan fingerprint density at radius 3 is 2.50 bits per heavy atom. The third kappa shape index (κ3) is 4.83. The van der Waals surface area contributed by atoms with Gasteiger partial charge in [0, 0.05) is 17.7 Å². The summed E-state index contributed by atoms with van der Waals surface area (Å²) in [4.78, 5) is 12.4. The van der Waals surface area contributed by atoms with E-state index in [1.807, 2.05) is 49.4 Å². The van der Waals surface area contributed by atoms with Crippen molar-refractivity contribution >= 4 is 5.91 Å². The van der Waals surface area contributed by atoms with Crippen LogP contribution in [0, 0.1) is 5.92 Å². The smallest absolute Gasteiger partial charge is 0.251 e. The van der Waals surface area contributed by atoms with Gasteiger partial charge in [-0.1, -0.05) is 37.3 Å². The number of carbonyl (C=O) groups is 1. The second-order valence-corrected chi connectivity index (χ2v) is 6.18. The molecule has 0 heterocycles. The van der Waals surface area contributed by atoms with Gasteiger partial charge in [0.2, 0.25) is 0 Å². The number of rotatable bonds is 7. The summed E-state index contributed by atoms with van der Waals surface area (Å²) in [6, 6.07) is 15.3. The molecule has 0 radical (unpaired) electrons. The second kappa shape index (κ2) is 8.50. The monoisotopic (exact) mass is 327 g/mol. The summed E-state index contributed by atoms with van der Waals surface area (Å²) >= 11 is 0. The van der Waals surface area contributed by atoms with Gasteiger partial charge in [-0.05, 0) is 43.0 Å². The summed E-state index contributed by atoms with van der Waals surface area (Å²) in [6.45, 7) is 4.31. The molecule has 0 saturated heterocycles. The van der Waals surface area contributed by atoms with Gasteiger partial charge in [0.05, 0.1) is 13.2 Å². The molecule has 2 aromatic carbocycles. The van der Waals surface area contributed by atoms with E-state index in [9.17, 15) is 9.90 Å². The first kappa shape index (κ1) is 18.0. The minimum absolute atomic E-state index is 0.118. The third-order valence-corrected chi connectivity index (χ3v) is 3.90. The molecule has 2 aromatic rings. The number of methoxy groups -OCH3 is 1. The van der Waals surface area contributed by atoms with Crippen molar-refractivity contribution in [2.24, 2.45) is 5.92 Å². The van der Waals surface area contributed by atoms with Gasteiger partial charge in [-0.15, -0.1) is 0 Å². The molecule has 1 amide bonds. The van der Waals surface area contributed by atoms with E-state index in [4.69, 9.17) is 4.74 Å². The highest BCUT2D eigenvalue weighted by Gasteiger charge is 2.13. The van der Waals surface area contributed by atoms with E-state index in [-0.39, 0.29) is 17.9 Å². The van der Waals surface area contributed by atoms with Gasteiger partial charge in [0.25, 0.3) is 5.91 Å². The van der Waals surface area contributed by atoms with Crippen LogP contribution in [0.3, 0.4) is 0 Å². The summed E-state index contributed by atoms with van der Waals surface area (Å²) in [5.41, 5.74) is 2.49. The van der Waals surface area contributed by atoms with Crippen LogP contribution in [0.1, 0.15) is 30.6 Å². The largest absolute Gasteiger partial charge is 0.496 e. The van der Waals surface area contributed by atoms with Crippen molar-refractivity contribution in [2.45, 2.75) is 26.4 Å². The van der Waals surface area contributed by atoms with Crippen LogP contribution in [0.15, 0.2) is 48.5 Å². The van der Waals surface area contributed by atoms with Crippen molar-refractivity contribution in [1.29, 1.82) is 0 Å². The lowest BCUT2D eigenvalue weighted by atomic mass is 10.0. The lowest BCUT2D eigenvalue weighted by molar-refractivity contribution is 0.0939. The Balaban J connectivity index is 2.15. The Kier molecular flexibility index (Phi) is 6.38. The molecule has 0 aliphatic carbocycles. The first-order valence-corrected chi connectivity index (χ1v) is 8.21. The fourth-order valence-electron chi connectivity index (χ4n) is 2.73. The molecule has 128 valence electrons. The van der Waals surface area contributed by atoms with Crippen LogP contribution in [-0.2, 0) is 0 Å². The fourth-order valence-corrected chi connectivity index (χ4v) is 2.73. The first-order chi connectivity index (χ1) is 11.5. The highest BCUT2D eigenvalue weighted by Crippen LogP contribution is 2.30. The highest BCUT2D eigenvalue weighted by molar-refractivity contribution is 5.96. The normalized spacial score (nSPS) is 13.2. The molecule has 0 saturated carbocycles. The van der Waals surface area contributed by atoms with Crippen LogP contribution in [-0.4, -0.2) is 30.8 Å². The Bertz CT molecular complexity index is 668. The van der Waals surface area contributed by atoms with Crippen molar-refractivity contribution in [1.82, 2.24) is 5.32 Å². The van der Waals surface area contributed by atoms with Crippen molar-refractivity contribution in [2.75, 3.05) is 13.7 Å². The number of carbonyl (C=O) groups excluding carboxylic acids is 1. The molecule has 0 aromatic heterocycles. The zero-order valence-corrected chi connectivity index (χ0v) is 14.5. The Morgan fingerprint density at radius 2 is 1.88 bits per heavy atom. The highest BCUT2D eigenvalue weighted by atomic mass is 16.5. The number of hydrogen-bond donors (Lipinski definition) is 2. The minimum atomic E-state index is -0.359. The zero-order valence-electron chi connectivity index (χ0n) is 14.5. The lowest BCUT2D eigenvalue weighted by Gasteiger charge is -2.15. The molecule has 4 heteroatoms. The van der Waals surface area contributed by atoms with Crippen LogP contribution in [0.5, 0.6) is 5.75 Å². The minimum Gasteiger partial charge on any atom is -0.496 e. The Hall–Kier alpha value is -2.33. The SMILES string of the molecule is COc1ccc(C(=O)NCC(C)CC(C)O)cc1-c1ccccc1. The predicted octanol–water partition coefficient (Wildman–Crippen LogP) is 3.50. The maximum Gasteiger partial charge on any atom is 0.251 e. The molecule has 0 aliphatic heterocycles. The van der Waals surface area contributed by atoms with E-state index in [1.54, 1.807) is 20.1 Å². The molecule has 0 spiro atoms. The van der Waals surface area contributed by atoms with Crippen molar-refractivity contribution in [3.05, 3.63) is 54.1 Å². The summed E-state index contributed by atoms with van der Waals surface area (Å²) < 4.78 is 5.42. The average molecular weight is 327 g/mol. The van der Waals surface area contributed by atoms with Gasteiger partial charge in [-0.3, -0.25) is 4.79 Å². The Morgan fingerprint density at radius 1 is 1.17 bits per heavy atom. The molecule has 2 rings (SSSR count). The van der Waals surface area contributed by atoms with Gasteiger partial charge in [-0.2, -0.15) is 0 Å². The third-order valence-electron chi connectivity index (χ3n) is 3.90. The number of hydrogen-bond acceptors (Lipinski definition) is 3. The van der Waals surface area contributed by atoms with Crippen LogP contribution in [0.4, 0.5) is 0 Å². The first-order valence-electron chi connectivity index (χ1n) is 8.21. The lowest BCUT2D eigenvalue weighted by Crippen LogP contribution is -2.29. The van der Waals surface area contributed by atoms with Crippen LogP contribution >= 0.6 is 0 Å². The van der Waals surface area contributed by atoms with Crippen LogP contribution in [0.2, 0.25) is 0 Å². The zero-order chi connectivity index (χ0) is 17.5. The van der Waals surface area contributed by atoms with Gasteiger partial charge < -0.3 is 15.2 Å². The quantitative estimate of drug-likeness (QED) is 0.818. The van der Waals surface area contributed by atoms with E-state index in [0.29, 0.717) is 18.5 Å². The molecule has 2 N–H and O–H groups in total. The second-order valence-electron chi connectivity index (χ2n) is 6.18. The standard InChI is InChI=1S/C20H25NO3/c1-14(11-15(2)22)13-21-20(23)17-9-10-19(24-3)18(12-17)16-7-5-4-6-8-16/h4-10,12,14-15,22H,11,13H2,1-3H3,(H,21,23). The maximum atomic E-state index is 12.4. The summed E-state index contributed by atoms with van der Waals surface area (Å²) in [7, 11) is 1.62. The maximum absolute atomic E-state index is 12.4.